The fourth-order valence-electron chi connectivity index (χ4n) is 1.08. The highest BCUT2D eigenvalue weighted by atomic mass is 79.9. The number of aliphatic hydroxyl groups excluding tert-OH is 1. The van der Waals surface area contributed by atoms with E-state index in [2.05, 4.69) is 21.2 Å². The Morgan fingerprint density at radius 1 is 1.62 bits per heavy atom. The molecule has 0 aliphatic heterocycles. The van der Waals surface area contributed by atoms with E-state index in [0.717, 1.165) is 16.8 Å². The van der Waals surface area contributed by atoms with Crippen LogP contribution in [0.3, 0.4) is 0 Å². The first-order chi connectivity index (χ1) is 6.22. The topological polar surface area (TPSA) is 32.3 Å². The van der Waals surface area contributed by atoms with Crippen molar-refractivity contribution in [2.24, 2.45) is 0 Å². The molecule has 2 nitrogen and oxygen atoms in total. The molecule has 74 valence electrons. The summed E-state index contributed by atoms with van der Waals surface area (Å²) in [6, 6.07) is 4.06. The van der Waals surface area contributed by atoms with Crippen LogP contribution in [0.1, 0.15) is 11.8 Å². The Bertz CT molecular complexity index is 252. The van der Waals surface area contributed by atoms with Gasteiger partial charge in [0.2, 0.25) is 0 Å². The maximum atomic E-state index is 9.57. The highest BCUT2D eigenvalue weighted by Gasteiger charge is 2.06. The van der Waals surface area contributed by atoms with Crippen molar-refractivity contribution in [3.8, 4) is 0 Å². The molecule has 1 aromatic rings. The van der Waals surface area contributed by atoms with Crippen LogP contribution in [-0.4, -0.2) is 24.3 Å². The number of likely N-dealkylation sites (N-methyl/N-ethyl adjacent to an activating group) is 1. The van der Waals surface area contributed by atoms with Gasteiger partial charge in [-0.2, -0.15) is 0 Å². The first-order valence-corrected chi connectivity index (χ1v) is 5.96. The summed E-state index contributed by atoms with van der Waals surface area (Å²) in [5.41, 5.74) is 0. The van der Waals surface area contributed by atoms with Gasteiger partial charge < -0.3 is 10.4 Å². The lowest BCUT2D eigenvalue weighted by Gasteiger charge is -2.08. The molecule has 0 saturated carbocycles. The van der Waals surface area contributed by atoms with Gasteiger partial charge >= 0.3 is 0 Å². The maximum absolute atomic E-state index is 9.57. The van der Waals surface area contributed by atoms with Crippen molar-refractivity contribution in [3.05, 3.63) is 20.8 Å². The van der Waals surface area contributed by atoms with Crippen LogP contribution < -0.4 is 5.32 Å². The molecule has 0 spiro atoms. The number of thiophene rings is 1. The van der Waals surface area contributed by atoms with Gasteiger partial charge in [0.15, 0.2) is 0 Å². The molecule has 1 atom stereocenters. The fraction of sp³-hybridized carbons (Fsp3) is 0.556. The number of aliphatic hydroxyl groups is 1. The average molecular weight is 264 g/mol. The third-order valence-electron chi connectivity index (χ3n) is 1.70. The molecule has 0 aliphatic rings. The molecule has 13 heavy (non-hydrogen) atoms. The Morgan fingerprint density at radius 2 is 2.38 bits per heavy atom. The largest absolute Gasteiger partial charge is 0.391 e. The van der Waals surface area contributed by atoms with Crippen molar-refractivity contribution in [1.29, 1.82) is 0 Å². The summed E-state index contributed by atoms with van der Waals surface area (Å²) in [7, 11) is 0. The van der Waals surface area contributed by atoms with Crippen LogP contribution in [-0.2, 0) is 6.42 Å². The maximum Gasteiger partial charge on any atom is 0.0712 e. The smallest absolute Gasteiger partial charge is 0.0712 e. The minimum atomic E-state index is -0.273. The number of hydrogen-bond donors (Lipinski definition) is 2. The molecular weight excluding hydrogens is 250 g/mol. The molecule has 0 saturated heterocycles. The van der Waals surface area contributed by atoms with E-state index in [0.29, 0.717) is 6.54 Å². The Morgan fingerprint density at radius 3 is 2.92 bits per heavy atom. The van der Waals surface area contributed by atoms with Gasteiger partial charge in [0.05, 0.1) is 9.89 Å². The Kier molecular flexibility index (Phi) is 4.94. The van der Waals surface area contributed by atoms with Crippen LogP contribution in [0.5, 0.6) is 0 Å². The highest BCUT2D eigenvalue weighted by molar-refractivity contribution is 9.11. The molecule has 0 amide bonds. The van der Waals surface area contributed by atoms with E-state index in [1.165, 1.54) is 4.88 Å². The predicted octanol–water partition coefficient (Wildman–Crippen LogP) is 2.02. The molecular formula is C9H14BrNOS. The summed E-state index contributed by atoms with van der Waals surface area (Å²) in [6.45, 7) is 3.62. The first kappa shape index (κ1) is 11.2. The standard InChI is InChI=1S/C9H14BrNOS/c1-2-11-6-7(12)5-8-3-4-9(10)13-8/h3-4,7,11-12H,2,5-6H2,1H3. The Balaban J connectivity index is 2.31. The van der Waals surface area contributed by atoms with Crippen LogP contribution in [0.4, 0.5) is 0 Å². The molecule has 4 heteroatoms. The lowest BCUT2D eigenvalue weighted by Crippen LogP contribution is -2.27. The molecule has 0 bridgehead atoms. The fourth-order valence-corrected chi connectivity index (χ4v) is 2.63. The summed E-state index contributed by atoms with van der Waals surface area (Å²) in [5, 5.41) is 12.7. The first-order valence-electron chi connectivity index (χ1n) is 4.35. The molecule has 0 aromatic carbocycles. The number of hydrogen-bond acceptors (Lipinski definition) is 3. The van der Waals surface area contributed by atoms with Crippen LogP contribution in [0, 0.1) is 0 Å². The molecule has 0 fully saturated rings. The lowest BCUT2D eigenvalue weighted by atomic mass is 10.2. The van der Waals surface area contributed by atoms with Crippen LogP contribution >= 0.6 is 27.3 Å². The zero-order valence-electron chi connectivity index (χ0n) is 7.59. The van der Waals surface area contributed by atoms with Gasteiger partial charge in [-0.1, -0.05) is 6.92 Å². The summed E-state index contributed by atoms with van der Waals surface area (Å²) in [4.78, 5) is 1.22. The minimum Gasteiger partial charge on any atom is -0.391 e. The molecule has 2 N–H and O–H groups in total. The van der Waals surface area contributed by atoms with Gasteiger partial charge in [-0.25, -0.2) is 0 Å². The third kappa shape index (κ3) is 4.22. The van der Waals surface area contributed by atoms with Crippen molar-refractivity contribution in [2.75, 3.05) is 13.1 Å². The second-order valence-electron chi connectivity index (χ2n) is 2.87. The molecule has 0 radical (unpaired) electrons. The van der Waals surface area contributed by atoms with E-state index in [-0.39, 0.29) is 6.10 Å². The van der Waals surface area contributed by atoms with Gasteiger partial charge in [0.1, 0.15) is 0 Å². The van der Waals surface area contributed by atoms with Crippen molar-refractivity contribution < 1.29 is 5.11 Å². The van der Waals surface area contributed by atoms with E-state index in [1.807, 2.05) is 19.1 Å². The normalized spacial score (nSPS) is 13.2. The van der Waals surface area contributed by atoms with Gasteiger partial charge in [-0.3, -0.25) is 0 Å². The number of nitrogens with one attached hydrogen (secondary N) is 1. The quantitative estimate of drug-likeness (QED) is 0.852. The second kappa shape index (κ2) is 5.75. The summed E-state index contributed by atoms with van der Waals surface area (Å²) in [6.07, 6.45) is 0.467. The molecule has 1 unspecified atom stereocenters. The second-order valence-corrected chi connectivity index (χ2v) is 5.42. The monoisotopic (exact) mass is 263 g/mol. The average Bonchev–Trinajstić information content (AvgIpc) is 2.48. The summed E-state index contributed by atoms with van der Waals surface area (Å²) < 4.78 is 1.12. The van der Waals surface area contributed by atoms with Crippen LogP contribution in [0.2, 0.25) is 0 Å². The van der Waals surface area contributed by atoms with Crippen molar-refractivity contribution in [3.63, 3.8) is 0 Å². The lowest BCUT2D eigenvalue weighted by molar-refractivity contribution is 0.173. The van der Waals surface area contributed by atoms with E-state index in [9.17, 15) is 5.11 Å². The predicted molar refractivity (Wildman–Crippen MR) is 60.3 cm³/mol. The Labute approximate surface area is 91.1 Å². The van der Waals surface area contributed by atoms with Gasteiger partial charge in [-0.15, -0.1) is 11.3 Å². The minimum absolute atomic E-state index is 0.273. The van der Waals surface area contributed by atoms with E-state index in [1.54, 1.807) is 11.3 Å². The zero-order valence-corrected chi connectivity index (χ0v) is 9.99. The zero-order chi connectivity index (χ0) is 9.68. The summed E-state index contributed by atoms with van der Waals surface area (Å²) >= 11 is 5.07. The van der Waals surface area contributed by atoms with Gasteiger partial charge in [0.25, 0.3) is 0 Å². The molecule has 1 heterocycles. The number of rotatable bonds is 5. The van der Waals surface area contributed by atoms with Crippen molar-refractivity contribution in [1.82, 2.24) is 5.32 Å². The number of halogens is 1. The molecule has 1 aromatic heterocycles. The van der Waals surface area contributed by atoms with Crippen molar-refractivity contribution in [2.45, 2.75) is 19.4 Å². The molecule has 1 rings (SSSR count). The van der Waals surface area contributed by atoms with E-state index < -0.39 is 0 Å². The third-order valence-corrected chi connectivity index (χ3v) is 3.34. The van der Waals surface area contributed by atoms with E-state index >= 15 is 0 Å². The van der Waals surface area contributed by atoms with Gasteiger partial charge in [0, 0.05) is 17.8 Å². The van der Waals surface area contributed by atoms with Crippen molar-refractivity contribution >= 4 is 27.3 Å². The Hall–Kier alpha value is 0.1000. The van der Waals surface area contributed by atoms with Crippen LogP contribution in [0.25, 0.3) is 0 Å². The van der Waals surface area contributed by atoms with Crippen LogP contribution in [0.15, 0.2) is 15.9 Å². The van der Waals surface area contributed by atoms with E-state index in [4.69, 9.17) is 0 Å². The SMILES string of the molecule is CCNCC(O)Cc1ccc(Br)s1. The molecule has 0 aliphatic carbocycles. The van der Waals surface area contributed by atoms with Gasteiger partial charge in [-0.05, 0) is 34.6 Å². The highest BCUT2D eigenvalue weighted by Crippen LogP contribution is 2.22. The summed E-state index contributed by atoms with van der Waals surface area (Å²) in [5.74, 6) is 0.